The molecule has 2 aromatic carbocycles. The Kier molecular flexibility index (Phi) is 10.5. The predicted molar refractivity (Wildman–Crippen MR) is 139 cm³/mol. The number of nitrogens with one attached hydrogen (secondary N) is 3. The van der Waals surface area contributed by atoms with Gasteiger partial charge >= 0.3 is 0 Å². The van der Waals surface area contributed by atoms with Gasteiger partial charge in [-0.25, -0.2) is 0 Å². The molecule has 0 aromatic heterocycles. The Morgan fingerprint density at radius 1 is 1.16 bits per heavy atom. The molecule has 1 fully saturated rings. The van der Waals surface area contributed by atoms with Gasteiger partial charge in [0.25, 0.3) is 5.91 Å². The minimum atomic E-state index is -0.0636. The van der Waals surface area contributed by atoms with E-state index in [0.29, 0.717) is 24.9 Å². The van der Waals surface area contributed by atoms with Crippen molar-refractivity contribution < 1.29 is 9.53 Å². The van der Waals surface area contributed by atoms with Gasteiger partial charge in [-0.2, -0.15) is 0 Å². The van der Waals surface area contributed by atoms with Crippen molar-refractivity contribution in [2.24, 2.45) is 4.99 Å². The number of halogens is 1. The lowest BCUT2D eigenvalue weighted by molar-refractivity contribution is -0.123. The van der Waals surface area contributed by atoms with Crippen LogP contribution in [-0.2, 0) is 17.9 Å². The number of amides is 1. The number of thioether (sulfide) groups is 1. The maximum atomic E-state index is 11.8. The molecule has 0 heterocycles. The van der Waals surface area contributed by atoms with E-state index in [1.165, 1.54) is 16.0 Å². The molecule has 0 bridgehead atoms. The van der Waals surface area contributed by atoms with Crippen LogP contribution in [0.5, 0.6) is 5.75 Å². The molecule has 168 valence electrons. The van der Waals surface area contributed by atoms with Gasteiger partial charge in [-0.15, -0.1) is 35.7 Å². The number of hydrogen-bond donors (Lipinski definition) is 3. The Bertz CT molecular complexity index is 903. The second-order valence-electron chi connectivity index (χ2n) is 7.37. The van der Waals surface area contributed by atoms with Crippen LogP contribution >= 0.6 is 35.7 Å². The third-order valence-electron chi connectivity index (χ3n) is 4.78. The monoisotopic (exact) mass is 554 g/mol. The van der Waals surface area contributed by atoms with Gasteiger partial charge in [0.2, 0.25) is 0 Å². The standard InChI is InChI=1S/C23H30N4O2S.HI/c1-16-7-8-18(21(11-16)30-3)14-26-23(24-2)25-13-17-5-4-6-20(12-17)29-15-22(28)27-19-9-10-19;/h4-8,11-12,19H,9-10,13-15H2,1-3H3,(H,27,28)(H2,24,25,26);1H. The lowest BCUT2D eigenvalue weighted by atomic mass is 10.1. The van der Waals surface area contributed by atoms with Gasteiger partial charge in [0.1, 0.15) is 5.75 Å². The fourth-order valence-corrected chi connectivity index (χ4v) is 3.68. The average Bonchev–Trinajstić information content (AvgIpc) is 3.57. The molecule has 0 saturated heterocycles. The number of aliphatic imine (C=N–C) groups is 1. The Labute approximate surface area is 206 Å². The van der Waals surface area contributed by atoms with Gasteiger partial charge in [0.05, 0.1) is 0 Å². The molecule has 1 saturated carbocycles. The number of guanidine groups is 1. The van der Waals surface area contributed by atoms with Gasteiger partial charge in [-0.3, -0.25) is 9.79 Å². The minimum absolute atomic E-state index is 0. The minimum Gasteiger partial charge on any atom is -0.484 e. The molecule has 1 aliphatic rings. The largest absolute Gasteiger partial charge is 0.484 e. The van der Waals surface area contributed by atoms with Gasteiger partial charge in [0, 0.05) is 31.1 Å². The summed E-state index contributed by atoms with van der Waals surface area (Å²) in [7, 11) is 1.76. The highest BCUT2D eigenvalue weighted by Crippen LogP contribution is 2.21. The summed E-state index contributed by atoms with van der Waals surface area (Å²) in [6.45, 7) is 3.46. The number of rotatable bonds is 9. The SMILES string of the molecule is CN=C(NCc1cccc(OCC(=O)NC2CC2)c1)NCc1ccc(C)cc1SC.I. The van der Waals surface area contributed by atoms with Crippen molar-refractivity contribution in [2.75, 3.05) is 19.9 Å². The Morgan fingerprint density at radius 3 is 2.65 bits per heavy atom. The normalized spacial score (nSPS) is 13.2. The maximum absolute atomic E-state index is 11.8. The third kappa shape index (κ3) is 8.60. The summed E-state index contributed by atoms with van der Waals surface area (Å²) >= 11 is 1.75. The molecular formula is C23H31IN4O2S. The van der Waals surface area contributed by atoms with Crippen LogP contribution in [0.4, 0.5) is 0 Å². The van der Waals surface area contributed by atoms with Crippen molar-refractivity contribution in [3.63, 3.8) is 0 Å². The number of ether oxygens (including phenoxy) is 1. The zero-order chi connectivity index (χ0) is 21.3. The van der Waals surface area contributed by atoms with Crippen LogP contribution in [0.25, 0.3) is 0 Å². The molecule has 0 atom stereocenters. The fraction of sp³-hybridized carbons (Fsp3) is 0.391. The second kappa shape index (κ2) is 12.8. The van der Waals surface area contributed by atoms with Gasteiger partial charge in [0.15, 0.2) is 12.6 Å². The van der Waals surface area contributed by atoms with Crippen LogP contribution < -0.4 is 20.7 Å². The lowest BCUT2D eigenvalue weighted by Crippen LogP contribution is -2.36. The molecule has 6 nitrogen and oxygen atoms in total. The summed E-state index contributed by atoms with van der Waals surface area (Å²) in [5, 5.41) is 9.62. The summed E-state index contributed by atoms with van der Waals surface area (Å²) in [5.74, 6) is 1.36. The van der Waals surface area contributed by atoms with Gasteiger partial charge < -0.3 is 20.7 Å². The summed E-state index contributed by atoms with van der Waals surface area (Å²) in [4.78, 5) is 17.4. The molecule has 3 N–H and O–H groups in total. The number of carbonyl (C=O) groups is 1. The average molecular weight is 554 g/mol. The van der Waals surface area contributed by atoms with Crippen molar-refractivity contribution in [2.45, 2.75) is 43.8 Å². The Morgan fingerprint density at radius 2 is 1.94 bits per heavy atom. The number of nitrogens with zero attached hydrogens (tertiary/aromatic N) is 1. The number of hydrogen-bond acceptors (Lipinski definition) is 4. The molecule has 0 radical (unpaired) electrons. The Balaban J connectivity index is 0.00000341. The van der Waals surface area contributed by atoms with Crippen LogP contribution in [0.3, 0.4) is 0 Å². The van der Waals surface area contributed by atoms with Crippen LogP contribution in [0, 0.1) is 6.92 Å². The molecule has 31 heavy (non-hydrogen) atoms. The third-order valence-corrected chi connectivity index (χ3v) is 5.60. The zero-order valence-electron chi connectivity index (χ0n) is 18.2. The fourth-order valence-electron chi connectivity index (χ4n) is 2.97. The molecule has 0 spiro atoms. The zero-order valence-corrected chi connectivity index (χ0v) is 21.4. The van der Waals surface area contributed by atoms with Crippen LogP contribution in [-0.4, -0.2) is 37.8 Å². The predicted octanol–water partition coefficient (Wildman–Crippen LogP) is 3.86. The second-order valence-corrected chi connectivity index (χ2v) is 8.22. The smallest absolute Gasteiger partial charge is 0.258 e. The first-order valence-electron chi connectivity index (χ1n) is 10.2. The highest BCUT2D eigenvalue weighted by Gasteiger charge is 2.23. The van der Waals surface area contributed by atoms with Gasteiger partial charge in [-0.05, 0) is 60.9 Å². The van der Waals surface area contributed by atoms with Gasteiger partial charge in [-0.1, -0.05) is 24.3 Å². The lowest BCUT2D eigenvalue weighted by Gasteiger charge is -2.14. The molecule has 1 amide bonds. The quantitative estimate of drug-likeness (QED) is 0.190. The van der Waals surface area contributed by atoms with E-state index < -0.39 is 0 Å². The molecular weight excluding hydrogens is 523 g/mol. The first-order valence-corrected chi connectivity index (χ1v) is 11.4. The molecule has 3 rings (SSSR count). The first kappa shape index (κ1) is 25.3. The number of benzene rings is 2. The highest BCUT2D eigenvalue weighted by atomic mass is 127. The molecule has 1 aliphatic carbocycles. The summed E-state index contributed by atoms with van der Waals surface area (Å²) in [6, 6.07) is 14.6. The summed E-state index contributed by atoms with van der Waals surface area (Å²) in [5.41, 5.74) is 3.56. The van der Waals surface area contributed by atoms with Crippen molar-refractivity contribution in [1.82, 2.24) is 16.0 Å². The van der Waals surface area contributed by atoms with Crippen molar-refractivity contribution >= 4 is 47.6 Å². The van der Waals surface area contributed by atoms with Crippen LogP contribution in [0.2, 0.25) is 0 Å². The van der Waals surface area contributed by atoms with Crippen molar-refractivity contribution in [1.29, 1.82) is 0 Å². The van der Waals surface area contributed by atoms with E-state index in [9.17, 15) is 4.79 Å². The van der Waals surface area contributed by atoms with E-state index in [1.807, 2.05) is 24.3 Å². The number of aryl methyl sites for hydroxylation is 1. The summed E-state index contributed by atoms with van der Waals surface area (Å²) in [6.07, 6.45) is 4.24. The van der Waals surface area contributed by atoms with E-state index >= 15 is 0 Å². The van der Waals surface area contributed by atoms with Crippen molar-refractivity contribution in [3.05, 3.63) is 59.2 Å². The van der Waals surface area contributed by atoms with E-state index in [2.05, 4.69) is 52.3 Å². The van der Waals surface area contributed by atoms with Crippen LogP contribution in [0.15, 0.2) is 52.4 Å². The number of carbonyl (C=O) groups excluding carboxylic acids is 1. The Hall–Kier alpha value is -1.94. The molecule has 0 aliphatic heterocycles. The highest BCUT2D eigenvalue weighted by molar-refractivity contribution is 14.0. The maximum Gasteiger partial charge on any atom is 0.258 e. The van der Waals surface area contributed by atoms with E-state index in [-0.39, 0.29) is 36.5 Å². The topological polar surface area (TPSA) is 74.8 Å². The molecule has 8 heteroatoms. The van der Waals surface area contributed by atoms with E-state index in [4.69, 9.17) is 4.74 Å². The van der Waals surface area contributed by atoms with E-state index in [0.717, 1.165) is 24.4 Å². The first-order chi connectivity index (χ1) is 14.6. The molecule has 0 unspecified atom stereocenters. The van der Waals surface area contributed by atoms with Crippen molar-refractivity contribution in [3.8, 4) is 5.75 Å². The summed E-state index contributed by atoms with van der Waals surface area (Å²) < 4.78 is 5.62. The van der Waals surface area contributed by atoms with Crippen LogP contribution in [0.1, 0.15) is 29.5 Å². The molecule has 2 aromatic rings. The van der Waals surface area contributed by atoms with E-state index in [1.54, 1.807) is 18.8 Å².